The Bertz CT molecular complexity index is 443. The van der Waals surface area contributed by atoms with Gasteiger partial charge in [0, 0.05) is 0 Å². The third-order valence-corrected chi connectivity index (χ3v) is 4.96. The monoisotopic (exact) mass is 310 g/mol. The number of unbranched alkanes of at least 4 members (excludes halogenated alkanes) is 1. The molecule has 0 aromatic heterocycles. The predicted molar refractivity (Wildman–Crippen MR) is 72.1 cm³/mol. The van der Waals surface area contributed by atoms with Gasteiger partial charge in [-0.15, -0.1) is 0 Å². The van der Waals surface area contributed by atoms with E-state index in [4.69, 9.17) is 5.11 Å². The molecule has 0 spiro atoms. The molecule has 0 bridgehead atoms. The summed E-state index contributed by atoms with van der Waals surface area (Å²) in [5, 5.41) is 18.0. The van der Waals surface area contributed by atoms with Crippen molar-refractivity contribution in [2.75, 3.05) is 0 Å². The zero-order valence-corrected chi connectivity index (χ0v) is 12.5. The molecule has 0 fully saturated rings. The van der Waals surface area contributed by atoms with Crippen LogP contribution in [-0.4, -0.2) is 39.9 Å². The van der Waals surface area contributed by atoms with Gasteiger partial charge in [-0.2, -0.15) is 8.42 Å². The van der Waals surface area contributed by atoms with Gasteiger partial charge in [-0.3, -0.25) is 14.1 Å². The minimum atomic E-state index is -5.03. The van der Waals surface area contributed by atoms with Crippen molar-refractivity contribution >= 4 is 22.1 Å². The third kappa shape index (κ3) is 4.75. The lowest BCUT2D eigenvalue weighted by Gasteiger charge is -2.28. The van der Waals surface area contributed by atoms with Crippen LogP contribution in [0, 0.1) is 5.92 Å². The van der Waals surface area contributed by atoms with Crippen LogP contribution in [0.25, 0.3) is 0 Å². The molecule has 0 radical (unpaired) electrons. The highest BCUT2D eigenvalue weighted by Crippen LogP contribution is 2.33. The van der Waals surface area contributed by atoms with Crippen LogP contribution >= 0.6 is 0 Å². The Kier molecular flexibility index (Phi) is 7.15. The van der Waals surface area contributed by atoms with Crippen LogP contribution < -0.4 is 0 Å². The van der Waals surface area contributed by atoms with E-state index in [-0.39, 0.29) is 5.92 Å². The Hall–Kier alpha value is -1.15. The fourth-order valence-corrected chi connectivity index (χ4v) is 3.17. The molecule has 0 aromatic rings. The highest BCUT2D eigenvalue weighted by molar-refractivity contribution is 7.88. The van der Waals surface area contributed by atoms with Gasteiger partial charge in [-0.25, -0.2) is 0 Å². The van der Waals surface area contributed by atoms with Gasteiger partial charge in [-0.1, -0.05) is 39.5 Å². The van der Waals surface area contributed by atoms with Gasteiger partial charge in [0.05, 0.1) is 6.42 Å². The van der Waals surface area contributed by atoms with Crippen LogP contribution in [0.5, 0.6) is 0 Å². The van der Waals surface area contributed by atoms with E-state index >= 15 is 0 Å². The molecular weight excluding hydrogens is 288 g/mol. The Labute approximate surface area is 118 Å². The van der Waals surface area contributed by atoms with Crippen LogP contribution in [0.3, 0.4) is 0 Å². The second-order valence-corrected chi connectivity index (χ2v) is 6.70. The molecule has 0 aromatic carbocycles. The molecule has 118 valence electrons. The molecule has 20 heavy (non-hydrogen) atoms. The lowest BCUT2D eigenvalue weighted by atomic mass is 9.86. The first-order valence-corrected chi connectivity index (χ1v) is 7.97. The van der Waals surface area contributed by atoms with E-state index in [1.165, 1.54) is 0 Å². The maximum atomic E-state index is 11.5. The lowest BCUT2D eigenvalue weighted by molar-refractivity contribution is -0.147. The Morgan fingerprint density at radius 1 is 1.20 bits per heavy atom. The highest BCUT2D eigenvalue weighted by Gasteiger charge is 2.53. The van der Waals surface area contributed by atoms with E-state index in [9.17, 15) is 27.7 Å². The molecule has 0 saturated heterocycles. The Morgan fingerprint density at radius 2 is 1.75 bits per heavy atom. The zero-order valence-electron chi connectivity index (χ0n) is 11.7. The topological polar surface area (TPSA) is 129 Å². The van der Waals surface area contributed by atoms with Crippen molar-refractivity contribution in [3.8, 4) is 0 Å². The summed E-state index contributed by atoms with van der Waals surface area (Å²) in [5.41, 5.74) is 0. The summed E-state index contributed by atoms with van der Waals surface area (Å²) in [7, 11) is -5.03. The quantitative estimate of drug-likeness (QED) is 0.524. The van der Waals surface area contributed by atoms with Gasteiger partial charge in [-0.05, 0) is 12.3 Å². The summed E-state index contributed by atoms with van der Waals surface area (Å²) in [4.78, 5) is 22.1. The van der Waals surface area contributed by atoms with Gasteiger partial charge in [0.15, 0.2) is 0 Å². The summed E-state index contributed by atoms with van der Waals surface area (Å²) < 4.78 is 29.5. The van der Waals surface area contributed by atoms with Gasteiger partial charge >= 0.3 is 11.9 Å². The summed E-state index contributed by atoms with van der Waals surface area (Å²) in [6.45, 7) is 3.72. The van der Waals surface area contributed by atoms with E-state index in [2.05, 4.69) is 0 Å². The fraction of sp³-hybridized carbons (Fsp3) is 0.833. The molecule has 0 aliphatic carbocycles. The maximum Gasteiger partial charge on any atom is 0.328 e. The summed E-state index contributed by atoms with van der Waals surface area (Å²) in [6.07, 6.45) is 1.21. The van der Waals surface area contributed by atoms with Gasteiger partial charge in [0.25, 0.3) is 10.1 Å². The van der Waals surface area contributed by atoms with E-state index in [1.807, 2.05) is 6.92 Å². The number of carbonyl (C=O) groups is 2. The number of aliphatic carboxylic acids is 2. The highest BCUT2D eigenvalue weighted by atomic mass is 32.2. The summed E-state index contributed by atoms with van der Waals surface area (Å²) in [5.74, 6) is -3.67. The van der Waals surface area contributed by atoms with Crippen molar-refractivity contribution in [2.45, 2.75) is 57.1 Å². The first kappa shape index (κ1) is 18.9. The normalized spacial score (nSPS) is 16.4. The van der Waals surface area contributed by atoms with Crippen molar-refractivity contribution in [3.63, 3.8) is 0 Å². The summed E-state index contributed by atoms with van der Waals surface area (Å²) >= 11 is 0. The van der Waals surface area contributed by atoms with Crippen molar-refractivity contribution < 1.29 is 32.8 Å². The molecule has 7 nitrogen and oxygen atoms in total. The molecule has 8 heteroatoms. The minimum absolute atomic E-state index is 0.271. The number of carboxylic acids is 2. The first-order chi connectivity index (χ1) is 9.10. The molecule has 0 aliphatic heterocycles. The molecule has 2 atom stereocenters. The SMILES string of the molecule is CCCCC(CC)CC(CC(=O)O)(C(=O)O)S(=O)(=O)O. The van der Waals surface area contributed by atoms with E-state index < -0.39 is 39.6 Å². The summed E-state index contributed by atoms with van der Waals surface area (Å²) in [6, 6.07) is 0. The molecular formula is C12H22O7S. The van der Waals surface area contributed by atoms with Crippen LogP contribution in [-0.2, 0) is 19.7 Å². The predicted octanol–water partition coefficient (Wildman–Crippen LogP) is 1.78. The second kappa shape index (κ2) is 7.58. The van der Waals surface area contributed by atoms with Gasteiger partial charge in [0.1, 0.15) is 0 Å². The molecule has 3 N–H and O–H groups in total. The number of hydrogen-bond acceptors (Lipinski definition) is 4. The van der Waals surface area contributed by atoms with Crippen molar-refractivity contribution in [3.05, 3.63) is 0 Å². The number of hydrogen-bond donors (Lipinski definition) is 3. The molecule has 0 rings (SSSR count). The van der Waals surface area contributed by atoms with Crippen LogP contribution in [0.4, 0.5) is 0 Å². The first-order valence-electron chi connectivity index (χ1n) is 6.53. The second-order valence-electron chi connectivity index (χ2n) is 4.97. The molecule has 0 heterocycles. The maximum absolute atomic E-state index is 11.5. The number of rotatable bonds is 10. The van der Waals surface area contributed by atoms with Crippen LogP contribution in [0.1, 0.15) is 52.4 Å². The van der Waals surface area contributed by atoms with Crippen molar-refractivity contribution in [1.82, 2.24) is 0 Å². The molecule has 2 unspecified atom stereocenters. The van der Waals surface area contributed by atoms with E-state index in [0.717, 1.165) is 12.8 Å². The van der Waals surface area contributed by atoms with Crippen molar-refractivity contribution in [1.29, 1.82) is 0 Å². The molecule has 0 saturated carbocycles. The Balaban J connectivity index is 5.50. The van der Waals surface area contributed by atoms with E-state index in [1.54, 1.807) is 6.92 Å². The smallest absolute Gasteiger partial charge is 0.328 e. The van der Waals surface area contributed by atoms with Crippen LogP contribution in [0.2, 0.25) is 0 Å². The van der Waals surface area contributed by atoms with Crippen LogP contribution in [0.15, 0.2) is 0 Å². The minimum Gasteiger partial charge on any atom is -0.481 e. The third-order valence-electron chi connectivity index (χ3n) is 3.48. The van der Waals surface area contributed by atoms with Gasteiger partial charge in [0.2, 0.25) is 4.75 Å². The number of carboxylic acid groups (broad SMARTS) is 2. The zero-order chi connectivity index (χ0) is 16.0. The van der Waals surface area contributed by atoms with E-state index in [0.29, 0.717) is 12.8 Å². The largest absolute Gasteiger partial charge is 0.481 e. The Morgan fingerprint density at radius 3 is 2.05 bits per heavy atom. The lowest BCUT2D eigenvalue weighted by Crippen LogP contribution is -2.49. The van der Waals surface area contributed by atoms with Crippen molar-refractivity contribution in [2.24, 2.45) is 5.92 Å². The fourth-order valence-electron chi connectivity index (χ4n) is 2.20. The standard InChI is InChI=1S/C12H22O7S/c1-3-5-6-9(4-2)7-12(11(15)16,8-10(13)14)20(17,18)19/h9H,3-8H2,1-2H3,(H,13,14)(H,15,16)(H,17,18,19). The average molecular weight is 310 g/mol. The average Bonchev–Trinajstić information content (AvgIpc) is 2.30. The molecule has 0 amide bonds. The van der Waals surface area contributed by atoms with Gasteiger partial charge < -0.3 is 10.2 Å². The molecule has 0 aliphatic rings.